The van der Waals surface area contributed by atoms with Crippen LogP contribution in [0.25, 0.3) is 0 Å². The minimum atomic E-state index is 0.518. The fourth-order valence-corrected chi connectivity index (χ4v) is 2.47. The normalized spacial score (nSPS) is 10.8. The van der Waals surface area contributed by atoms with Crippen LogP contribution in [0.1, 0.15) is 10.0 Å². The van der Waals surface area contributed by atoms with Crippen molar-refractivity contribution < 1.29 is 0 Å². The van der Waals surface area contributed by atoms with E-state index in [9.17, 15) is 0 Å². The molecule has 2 aromatic rings. The molecular weight excluding hydrogens is 258 g/mol. The van der Waals surface area contributed by atoms with Crippen LogP contribution in [-0.2, 0) is 12.8 Å². The first kappa shape index (κ1) is 12.1. The Morgan fingerprint density at radius 1 is 0.824 bits per heavy atom. The summed E-state index contributed by atoms with van der Waals surface area (Å²) in [6.45, 7) is 1.70. The van der Waals surface area contributed by atoms with Gasteiger partial charge in [0, 0.05) is 25.9 Å². The number of aromatic nitrogens is 4. The van der Waals surface area contributed by atoms with Crippen LogP contribution in [-0.4, -0.2) is 33.5 Å². The van der Waals surface area contributed by atoms with E-state index in [1.54, 1.807) is 0 Å². The Labute approximate surface area is 106 Å². The molecule has 0 aliphatic carbocycles. The van der Waals surface area contributed by atoms with E-state index in [1.807, 2.05) is 0 Å². The second kappa shape index (κ2) is 5.84. The van der Waals surface area contributed by atoms with Crippen molar-refractivity contribution in [2.75, 3.05) is 24.6 Å². The van der Waals surface area contributed by atoms with E-state index < -0.39 is 0 Å². The van der Waals surface area contributed by atoms with Gasteiger partial charge in [0.25, 0.3) is 0 Å². The van der Waals surface area contributed by atoms with Gasteiger partial charge in [0.05, 0.1) is 0 Å². The Morgan fingerprint density at radius 3 is 1.65 bits per heavy atom. The van der Waals surface area contributed by atoms with E-state index >= 15 is 0 Å². The average molecular weight is 271 g/mol. The summed E-state index contributed by atoms with van der Waals surface area (Å²) >= 11 is 2.85. The van der Waals surface area contributed by atoms with Crippen LogP contribution < -0.4 is 16.8 Å². The van der Waals surface area contributed by atoms with Gasteiger partial charge in [-0.05, 0) is 0 Å². The Kier molecular flexibility index (Phi) is 4.18. The van der Waals surface area contributed by atoms with E-state index in [0.29, 0.717) is 10.3 Å². The summed E-state index contributed by atoms with van der Waals surface area (Å²) in [5.41, 5.74) is 11.0. The van der Waals surface area contributed by atoms with Crippen LogP contribution in [0, 0.1) is 0 Å². The quantitative estimate of drug-likeness (QED) is 0.630. The van der Waals surface area contributed by atoms with Gasteiger partial charge in [-0.15, -0.1) is 20.4 Å². The number of rotatable bonds is 6. The maximum absolute atomic E-state index is 5.49. The lowest BCUT2D eigenvalue weighted by molar-refractivity contribution is 0.674. The number of anilines is 2. The molecule has 9 heteroatoms. The summed E-state index contributed by atoms with van der Waals surface area (Å²) in [5.74, 6) is 0. The molecule has 2 heterocycles. The zero-order valence-corrected chi connectivity index (χ0v) is 10.7. The fraction of sp³-hybridized carbons (Fsp3) is 0.500. The van der Waals surface area contributed by atoms with Gasteiger partial charge >= 0.3 is 0 Å². The summed E-state index contributed by atoms with van der Waals surface area (Å²) < 4.78 is 0. The third kappa shape index (κ3) is 3.88. The van der Waals surface area contributed by atoms with Crippen LogP contribution in [0.3, 0.4) is 0 Å². The Hall–Kier alpha value is -1.32. The topological polar surface area (TPSA) is 116 Å². The van der Waals surface area contributed by atoms with Gasteiger partial charge in [-0.2, -0.15) is 0 Å². The molecule has 0 unspecified atom stereocenters. The number of nitrogens with zero attached hydrogens (tertiary/aromatic N) is 4. The Morgan fingerprint density at radius 2 is 1.29 bits per heavy atom. The first-order valence-corrected chi connectivity index (χ1v) is 6.74. The van der Waals surface area contributed by atoms with E-state index in [2.05, 4.69) is 25.7 Å². The second-order valence-electron chi connectivity index (χ2n) is 3.32. The van der Waals surface area contributed by atoms with E-state index in [1.165, 1.54) is 22.7 Å². The number of hydrogen-bond donors (Lipinski definition) is 3. The zero-order valence-electron chi connectivity index (χ0n) is 9.09. The average Bonchev–Trinajstić information content (AvgIpc) is 2.88. The van der Waals surface area contributed by atoms with Crippen molar-refractivity contribution in [1.82, 2.24) is 25.7 Å². The van der Waals surface area contributed by atoms with Crippen molar-refractivity contribution >= 4 is 32.9 Å². The van der Waals surface area contributed by atoms with Gasteiger partial charge in [-0.1, -0.05) is 22.7 Å². The molecule has 2 aromatic heterocycles. The third-order valence-electron chi connectivity index (χ3n) is 2.00. The fourth-order valence-electron chi connectivity index (χ4n) is 1.25. The number of nitrogens with two attached hydrogens (primary N) is 2. The summed E-state index contributed by atoms with van der Waals surface area (Å²) in [6, 6.07) is 0. The summed E-state index contributed by atoms with van der Waals surface area (Å²) in [4.78, 5) is 0. The highest BCUT2D eigenvalue weighted by molar-refractivity contribution is 7.15. The molecule has 0 bridgehead atoms. The van der Waals surface area contributed by atoms with Gasteiger partial charge in [-0.25, -0.2) is 0 Å². The lowest BCUT2D eigenvalue weighted by atomic mass is 10.4. The molecule has 0 aliphatic heterocycles. The van der Waals surface area contributed by atoms with Gasteiger partial charge in [0.2, 0.25) is 10.3 Å². The SMILES string of the molecule is Nc1nnc(CCNCCc2nnc(N)s2)s1. The maximum Gasteiger partial charge on any atom is 0.203 e. The predicted octanol–water partition coefficient (Wildman–Crippen LogP) is -0.0712. The molecule has 7 nitrogen and oxygen atoms in total. The molecular formula is C8H13N7S2. The van der Waals surface area contributed by atoms with Crippen molar-refractivity contribution in [3.05, 3.63) is 10.0 Å². The summed E-state index contributed by atoms with van der Waals surface area (Å²) in [6.07, 6.45) is 1.68. The molecule has 0 amide bonds. The van der Waals surface area contributed by atoms with Crippen molar-refractivity contribution in [2.24, 2.45) is 0 Å². The number of nitrogen functional groups attached to an aromatic ring is 2. The van der Waals surface area contributed by atoms with Crippen molar-refractivity contribution in [1.29, 1.82) is 0 Å². The first-order chi connectivity index (χ1) is 8.24. The lowest BCUT2D eigenvalue weighted by Gasteiger charge is -2.00. The second-order valence-corrected chi connectivity index (χ2v) is 5.51. The van der Waals surface area contributed by atoms with Crippen LogP contribution >= 0.6 is 22.7 Å². The largest absolute Gasteiger partial charge is 0.374 e. The molecule has 0 atom stereocenters. The van der Waals surface area contributed by atoms with Crippen molar-refractivity contribution in [3.63, 3.8) is 0 Å². The molecule has 0 saturated carbocycles. The van der Waals surface area contributed by atoms with E-state index in [4.69, 9.17) is 11.5 Å². The number of hydrogen-bond acceptors (Lipinski definition) is 9. The zero-order chi connectivity index (χ0) is 12.1. The van der Waals surface area contributed by atoms with Gasteiger partial charge in [0.1, 0.15) is 10.0 Å². The standard InChI is InChI=1S/C8H13N7S2/c9-7-14-12-5(16-7)1-3-11-4-2-6-13-15-8(10)17-6/h11H,1-4H2,(H2,9,14)(H2,10,15). The first-order valence-electron chi connectivity index (χ1n) is 5.10. The highest BCUT2D eigenvalue weighted by Crippen LogP contribution is 2.11. The van der Waals surface area contributed by atoms with Crippen LogP contribution in [0.5, 0.6) is 0 Å². The molecule has 0 fully saturated rings. The molecule has 0 saturated heterocycles. The monoisotopic (exact) mass is 271 g/mol. The third-order valence-corrected chi connectivity index (χ3v) is 3.62. The minimum Gasteiger partial charge on any atom is -0.374 e. The van der Waals surface area contributed by atoms with Crippen LogP contribution in [0.15, 0.2) is 0 Å². The molecule has 5 N–H and O–H groups in total. The van der Waals surface area contributed by atoms with Crippen LogP contribution in [0.2, 0.25) is 0 Å². The highest BCUT2D eigenvalue weighted by Gasteiger charge is 2.02. The summed E-state index contributed by atoms with van der Waals surface area (Å²) in [7, 11) is 0. The van der Waals surface area contributed by atoms with Gasteiger partial charge in [-0.3, -0.25) is 0 Å². The van der Waals surface area contributed by atoms with E-state index in [-0.39, 0.29) is 0 Å². The molecule has 17 heavy (non-hydrogen) atoms. The van der Waals surface area contributed by atoms with Crippen LogP contribution in [0.4, 0.5) is 10.3 Å². The predicted molar refractivity (Wildman–Crippen MR) is 68.9 cm³/mol. The minimum absolute atomic E-state index is 0.518. The smallest absolute Gasteiger partial charge is 0.203 e. The number of nitrogens with one attached hydrogen (secondary N) is 1. The lowest BCUT2D eigenvalue weighted by Crippen LogP contribution is -2.20. The van der Waals surface area contributed by atoms with Gasteiger partial charge in [0.15, 0.2) is 0 Å². The highest BCUT2D eigenvalue weighted by atomic mass is 32.1. The molecule has 0 aliphatic rings. The maximum atomic E-state index is 5.49. The molecule has 2 rings (SSSR count). The van der Waals surface area contributed by atoms with Crippen molar-refractivity contribution in [3.8, 4) is 0 Å². The molecule has 0 spiro atoms. The van der Waals surface area contributed by atoms with Gasteiger partial charge < -0.3 is 16.8 Å². The van der Waals surface area contributed by atoms with Crippen molar-refractivity contribution in [2.45, 2.75) is 12.8 Å². The Bertz CT molecular complexity index is 424. The molecule has 0 aromatic carbocycles. The molecule has 92 valence electrons. The summed E-state index contributed by atoms with van der Waals surface area (Å²) in [5, 5.41) is 21.6. The Balaban J connectivity index is 1.60. The molecule has 0 radical (unpaired) electrons. The van der Waals surface area contributed by atoms with E-state index in [0.717, 1.165) is 35.9 Å².